The number of aliphatic hydroxyl groups excluding tert-OH is 1. The van der Waals surface area contributed by atoms with Crippen LogP contribution in [0, 0.1) is 0 Å². The number of carbonyl (C=O) groups is 1. The van der Waals surface area contributed by atoms with E-state index in [1.165, 1.54) is 11.0 Å². The molecule has 0 aliphatic carbocycles. The number of ether oxygens (including phenoxy) is 1. The number of hydrogen-bond acceptors (Lipinski definition) is 5. The van der Waals surface area contributed by atoms with Crippen LogP contribution in [-0.2, 0) is 4.74 Å². The van der Waals surface area contributed by atoms with Crippen LogP contribution in [0.25, 0.3) is 0 Å². The third kappa shape index (κ3) is 2.91. The summed E-state index contributed by atoms with van der Waals surface area (Å²) in [4.78, 5) is 13.9. The summed E-state index contributed by atoms with van der Waals surface area (Å²) in [5, 5.41) is 24.3. The number of alkyl halides is 2. The summed E-state index contributed by atoms with van der Waals surface area (Å²) in [7, 11) is 0. The number of amides is 1. The van der Waals surface area contributed by atoms with Crippen LogP contribution in [0.15, 0.2) is 12.3 Å². The van der Waals surface area contributed by atoms with Crippen LogP contribution in [0.5, 0.6) is 0 Å². The van der Waals surface area contributed by atoms with Crippen molar-refractivity contribution in [2.24, 2.45) is 0 Å². The number of piperidine rings is 1. The van der Waals surface area contributed by atoms with Gasteiger partial charge >= 0.3 is 6.55 Å². The van der Waals surface area contributed by atoms with Crippen LogP contribution in [0.2, 0.25) is 0 Å². The van der Waals surface area contributed by atoms with E-state index in [-0.39, 0.29) is 5.69 Å². The van der Waals surface area contributed by atoms with Gasteiger partial charge in [-0.3, -0.25) is 4.79 Å². The van der Waals surface area contributed by atoms with E-state index in [0.29, 0.717) is 43.6 Å². The molecule has 2 atom stereocenters. The van der Waals surface area contributed by atoms with Gasteiger partial charge in [-0.1, -0.05) is 0 Å². The Balaban J connectivity index is 1.67. The van der Waals surface area contributed by atoms with Gasteiger partial charge in [-0.2, -0.15) is 13.9 Å². The Hall–Kier alpha value is -1.58. The van der Waals surface area contributed by atoms with E-state index < -0.39 is 29.8 Å². The largest absolute Gasteiger partial charge is 0.387 e. The van der Waals surface area contributed by atoms with E-state index in [9.17, 15) is 23.8 Å². The maximum atomic E-state index is 12.5. The predicted octanol–water partition coefficient (Wildman–Crippen LogP) is 0.785. The predicted molar refractivity (Wildman–Crippen MR) is 78.5 cm³/mol. The minimum absolute atomic E-state index is 0.0386. The van der Waals surface area contributed by atoms with Crippen molar-refractivity contribution < 1.29 is 28.5 Å². The van der Waals surface area contributed by atoms with Gasteiger partial charge in [0.25, 0.3) is 5.91 Å². The first-order valence-electron chi connectivity index (χ1n) is 7.92. The molecule has 0 radical (unpaired) electrons. The highest BCUT2D eigenvalue weighted by Crippen LogP contribution is 2.39. The van der Waals surface area contributed by atoms with Crippen molar-refractivity contribution in [2.75, 3.05) is 19.7 Å². The fraction of sp³-hybridized carbons (Fsp3) is 0.733. The molecule has 0 unspecified atom stereocenters. The van der Waals surface area contributed by atoms with Crippen molar-refractivity contribution in [2.45, 2.75) is 50.0 Å². The number of aromatic nitrogens is 2. The molecule has 0 saturated carbocycles. The molecule has 1 aromatic heterocycles. The number of nitrogens with zero attached hydrogens (tertiary/aromatic N) is 3. The van der Waals surface area contributed by atoms with Gasteiger partial charge in [0.05, 0.1) is 12.2 Å². The molecule has 0 bridgehead atoms. The summed E-state index contributed by atoms with van der Waals surface area (Å²) in [5.74, 6) is -0.429. The second-order valence-electron chi connectivity index (χ2n) is 6.67. The summed E-state index contributed by atoms with van der Waals surface area (Å²) in [5.41, 5.74) is -2.13. The number of carbonyl (C=O) groups excluding carboxylic acids is 1. The maximum absolute atomic E-state index is 12.5. The van der Waals surface area contributed by atoms with Crippen LogP contribution in [0.1, 0.15) is 43.2 Å². The van der Waals surface area contributed by atoms with Gasteiger partial charge in [0.1, 0.15) is 11.7 Å². The lowest BCUT2D eigenvalue weighted by Crippen LogP contribution is -2.64. The molecule has 24 heavy (non-hydrogen) atoms. The Bertz CT molecular complexity index is 612. The smallest absolute Gasteiger partial charge is 0.333 e. The Morgan fingerprint density at radius 1 is 1.42 bits per heavy atom. The summed E-state index contributed by atoms with van der Waals surface area (Å²) in [6.07, 6.45) is 1.11. The molecule has 7 nitrogen and oxygen atoms in total. The highest BCUT2D eigenvalue weighted by molar-refractivity contribution is 5.92. The molecule has 2 fully saturated rings. The summed E-state index contributed by atoms with van der Waals surface area (Å²) >= 11 is 0. The average molecular weight is 345 g/mol. The van der Waals surface area contributed by atoms with Crippen LogP contribution in [0.3, 0.4) is 0 Å². The van der Waals surface area contributed by atoms with Crippen molar-refractivity contribution in [1.29, 1.82) is 0 Å². The second-order valence-corrected chi connectivity index (χ2v) is 6.67. The molecule has 2 aliphatic rings. The van der Waals surface area contributed by atoms with Crippen LogP contribution >= 0.6 is 0 Å². The summed E-state index contributed by atoms with van der Waals surface area (Å²) in [6, 6.07) is 1.26. The number of rotatable bonds is 2. The van der Waals surface area contributed by atoms with E-state index in [0.717, 1.165) is 6.20 Å². The standard InChI is InChI=1S/C15H21F2N3O4/c1-14(23)5-9-24-15(12(14)22)3-7-19(8-4-15)11(21)10-2-6-20(18-10)13(16)17/h2,6,12-13,22-23H,3-5,7-9H2,1H3/t12-,14+/m0/s1. The van der Waals surface area contributed by atoms with E-state index in [1.54, 1.807) is 6.92 Å². The van der Waals surface area contributed by atoms with E-state index in [4.69, 9.17) is 4.74 Å². The molecule has 1 aromatic rings. The van der Waals surface area contributed by atoms with Crippen molar-refractivity contribution >= 4 is 5.91 Å². The molecular formula is C15H21F2N3O4. The Labute approximate surface area is 137 Å². The summed E-state index contributed by atoms with van der Waals surface area (Å²) in [6.45, 7) is -0.266. The number of hydrogen-bond donors (Lipinski definition) is 2. The first-order valence-corrected chi connectivity index (χ1v) is 7.92. The SMILES string of the molecule is C[C@@]1(O)CCOC2(CCN(C(=O)c3ccn(C(F)F)n3)CC2)[C@H]1O. The van der Waals surface area contributed by atoms with E-state index in [2.05, 4.69) is 5.10 Å². The molecule has 134 valence electrons. The molecule has 1 amide bonds. The summed E-state index contributed by atoms with van der Waals surface area (Å²) < 4.78 is 31.3. The van der Waals surface area contributed by atoms with Crippen molar-refractivity contribution in [3.05, 3.63) is 18.0 Å². The van der Waals surface area contributed by atoms with Crippen LogP contribution in [-0.4, -0.2) is 67.8 Å². The number of likely N-dealkylation sites (tertiary alicyclic amines) is 1. The van der Waals surface area contributed by atoms with Gasteiger partial charge in [-0.05, 0) is 25.8 Å². The van der Waals surface area contributed by atoms with Gasteiger partial charge in [0, 0.05) is 25.7 Å². The molecule has 2 N–H and O–H groups in total. The lowest BCUT2D eigenvalue weighted by molar-refractivity contribution is -0.244. The first-order chi connectivity index (χ1) is 11.3. The third-order valence-corrected chi connectivity index (χ3v) is 5.01. The van der Waals surface area contributed by atoms with E-state index in [1.807, 2.05) is 0 Å². The zero-order valence-electron chi connectivity index (χ0n) is 13.4. The van der Waals surface area contributed by atoms with Gasteiger partial charge in [0.2, 0.25) is 0 Å². The highest BCUT2D eigenvalue weighted by atomic mass is 19.3. The second kappa shape index (κ2) is 6.05. The first kappa shape index (κ1) is 17.2. The quantitative estimate of drug-likeness (QED) is 0.827. The molecular weight excluding hydrogens is 324 g/mol. The Morgan fingerprint density at radius 3 is 2.67 bits per heavy atom. The van der Waals surface area contributed by atoms with Crippen molar-refractivity contribution in [1.82, 2.24) is 14.7 Å². The fourth-order valence-corrected chi connectivity index (χ4v) is 3.47. The van der Waals surface area contributed by atoms with Crippen LogP contribution < -0.4 is 0 Å². The number of aliphatic hydroxyl groups is 2. The van der Waals surface area contributed by atoms with Crippen LogP contribution in [0.4, 0.5) is 8.78 Å². The lowest BCUT2D eigenvalue weighted by Gasteiger charge is -2.51. The molecule has 3 heterocycles. The van der Waals surface area contributed by atoms with Gasteiger partial charge in [-0.15, -0.1) is 0 Å². The van der Waals surface area contributed by atoms with Crippen molar-refractivity contribution in [3.8, 4) is 0 Å². The molecule has 0 aromatic carbocycles. The Kier molecular flexibility index (Phi) is 4.35. The minimum Gasteiger partial charge on any atom is -0.387 e. The molecule has 3 rings (SSSR count). The third-order valence-electron chi connectivity index (χ3n) is 5.01. The van der Waals surface area contributed by atoms with Crippen molar-refractivity contribution in [3.63, 3.8) is 0 Å². The van der Waals surface area contributed by atoms with Gasteiger partial charge < -0.3 is 19.8 Å². The average Bonchev–Trinajstić information content (AvgIpc) is 3.03. The maximum Gasteiger partial charge on any atom is 0.333 e. The normalized spacial score (nSPS) is 30.1. The molecule has 2 saturated heterocycles. The fourth-order valence-electron chi connectivity index (χ4n) is 3.47. The molecule has 2 aliphatic heterocycles. The molecule has 1 spiro atoms. The minimum atomic E-state index is -2.79. The van der Waals surface area contributed by atoms with E-state index >= 15 is 0 Å². The lowest BCUT2D eigenvalue weighted by atomic mass is 9.75. The zero-order valence-corrected chi connectivity index (χ0v) is 13.4. The highest BCUT2D eigenvalue weighted by Gasteiger charge is 2.53. The molecule has 9 heteroatoms. The Morgan fingerprint density at radius 2 is 2.08 bits per heavy atom. The monoisotopic (exact) mass is 345 g/mol. The van der Waals surface area contributed by atoms with Gasteiger partial charge in [-0.25, -0.2) is 4.68 Å². The number of halogens is 2. The zero-order chi connectivity index (χ0) is 17.5. The van der Waals surface area contributed by atoms with Gasteiger partial charge in [0.15, 0.2) is 5.69 Å². The topological polar surface area (TPSA) is 87.8 Å².